The molecule has 0 saturated carbocycles. The fourth-order valence-electron chi connectivity index (χ4n) is 0.840. The standard InChI is InChI=1S/C8H15NO2/c1-8(2,3)6(4-5-9)7(10)11/h4H,5,9H2,1-3H3,(H,10,11). The van der Waals surface area contributed by atoms with Crippen molar-refractivity contribution in [1.29, 1.82) is 0 Å². The van der Waals surface area contributed by atoms with E-state index in [9.17, 15) is 9.90 Å². The Hall–Kier alpha value is -0.830. The molecule has 0 aromatic carbocycles. The van der Waals surface area contributed by atoms with Crippen molar-refractivity contribution in [3.05, 3.63) is 11.6 Å². The molecule has 0 aliphatic heterocycles. The number of carbonyl (C=O) groups excluding carboxylic acids is 1. The van der Waals surface area contributed by atoms with Crippen molar-refractivity contribution in [1.82, 2.24) is 0 Å². The second kappa shape index (κ2) is 3.53. The molecule has 0 bridgehead atoms. The van der Waals surface area contributed by atoms with Gasteiger partial charge in [-0.05, 0) is 17.1 Å². The summed E-state index contributed by atoms with van der Waals surface area (Å²) < 4.78 is 0. The summed E-state index contributed by atoms with van der Waals surface area (Å²) in [4.78, 5) is 10.5. The molecule has 0 spiro atoms. The monoisotopic (exact) mass is 157 g/mol. The molecule has 0 aromatic heterocycles. The third-order valence-electron chi connectivity index (χ3n) is 1.38. The first-order chi connectivity index (χ1) is 4.89. The molecule has 0 saturated heterocycles. The highest BCUT2D eigenvalue weighted by Gasteiger charge is 2.17. The fraction of sp³-hybridized carbons (Fsp3) is 0.625. The van der Waals surface area contributed by atoms with E-state index in [1.165, 1.54) is 0 Å². The van der Waals surface area contributed by atoms with Crippen LogP contribution in [0.2, 0.25) is 0 Å². The number of hydrogen-bond donors (Lipinski definition) is 1. The molecule has 0 atom stereocenters. The van der Waals surface area contributed by atoms with E-state index in [-0.39, 0.29) is 5.41 Å². The second-order valence-corrected chi connectivity index (χ2v) is 3.44. The van der Waals surface area contributed by atoms with Crippen LogP contribution < -0.4 is 10.8 Å². The van der Waals surface area contributed by atoms with Crippen LogP contribution in [0.5, 0.6) is 0 Å². The summed E-state index contributed by atoms with van der Waals surface area (Å²) in [7, 11) is 0. The van der Waals surface area contributed by atoms with Crippen LogP contribution in [0.15, 0.2) is 11.6 Å². The van der Waals surface area contributed by atoms with Gasteiger partial charge in [0.05, 0.1) is 12.5 Å². The maximum Gasteiger partial charge on any atom is 0.0933 e. The maximum absolute atomic E-state index is 10.5. The second-order valence-electron chi connectivity index (χ2n) is 3.44. The highest BCUT2D eigenvalue weighted by molar-refractivity contribution is 5.86. The first kappa shape index (κ1) is 10.2. The van der Waals surface area contributed by atoms with Crippen molar-refractivity contribution in [2.45, 2.75) is 20.8 Å². The topological polar surface area (TPSA) is 67.8 Å². The summed E-state index contributed by atoms with van der Waals surface area (Å²) in [5, 5.41) is 10.5. The van der Waals surface area contributed by atoms with Crippen LogP contribution in [0.1, 0.15) is 20.8 Å². The molecule has 0 aromatic rings. The molecule has 3 heteroatoms. The molecule has 0 radical (unpaired) electrons. The lowest BCUT2D eigenvalue weighted by Gasteiger charge is -2.23. The van der Waals surface area contributed by atoms with Crippen molar-refractivity contribution in [3.63, 3.8) is 0 Å². The lowest BCUT2D eigenvalue weighted by molar-refractivity contribution is -0.353. The quantitative estimate of drug-likeness (QED) is 0.520. The summed E-state index contributed by atoms with van der Waals surface area (Å²) in [6, 6.07) is 0. The van der Waals surface area contributed by atoms with E-state index < -0.39 is 5.97 Å². The predicted molar refractivity (Wildman–Crippen MR) is 40.3 cm³/mol. The largest absolute Gasteiger partial charge is 0.545 e. The smallest absolute Gasteiger partial charge is 0.0933 e. The zero-order chi connectivity index (χ0) is 9.07. The highest BCUT2D eigenvalue weighted by atomic mass is 16.4. The molecular weight excluding hydrogens is 142 g/mol. The molecule has 0 aliphatic rings. The van der Waals surface area contributed by atoms with Crippen LogP contribution in [-0.2, 0) is 4.79 Å². The van der Waals surface area contributed by atoms with Gasteiger partial charge in [-0.3, -0.25) is 0 Å². The van der Waals surface area contributed by atoms with E-state index in [1.54, 1.807) is 6.08 Å². The number of rotatable bonds is 2. The number of hydrogen-bond acceptors (Lipinski definition) is 2. The van der Waals surface area contributed by atoms with Gasteiger partial charge in [0.1, 0.15) is 0 Å². The third kappa shape index (κ3) is 3.18. The van der Waals surface area contributed by atoms with Crippen molar-refractivity contribution in [2.24, 2.45) is 5.41 Å². The van der Waals surface area contributed by atoms with Crippen LogP contribution in [0.3, 0.4) is 0 Å². The summed E-state index contributed by atoms with van der Waals surface area (Å²) in [6.07, 6.45) is 1.59. The number of aliphatic carboxylic acids is 1. The van der Waals surface area contributed by atoms with Crippen LogP contribution in [0.4, 0.5) is 0 Å². The minimum Gasteiger partial charge on any atom is -0.545 e. The first-order valence-electron chi connectivity index (χ1n) is 3.61. The van der Waals surface area contributed by atoms with Crippen molar-refractivity contribution in [3.8, 4) is 0 Å². The van der Waals surface area contributed by atoms with Crippen LogP contribution in [0.25, 0.3) is 0 Å². The van der Waals surface area contributed by atoms with Crippen molar-refractivity contribution >= 4 is 5.97 Å². The Morgan fingerprint density at radius 3 is 2.09 bits per heavy atom. The zero-order valence-corrected chi connectivity index (χ0v) is 7.31. The molecular formula is C8H15NO2. The summed E-state index contributed by atoms with van der Waals surface area (Å²) in [6.45, 7) is 6.00. The Labute approximate surface area is 66.9 Å². The van der Waals surface area contributed by atoms with E-state index in [4.69, 9.17) is 0 Å². The van der Waals surface area contributed by atoms with Crippen LogP contribution >= 0.6 is 0 Å². The minimum absolute atomic E-state index is 0.326. The number of carboxylic acids is 1. The molecule has 0 amide bonds. The van der Waals surface area contributed by atoms with Gasteiger partial charge in [-0.2, -0.15) is 0 Å². The highest BCUT2D eigenvalue weighted by Crippen LogP contribution is 2.23. The van der Waals surface area contributed by atoms with Gasteiger partial charge in [0.2, 0.25) is 0 Å². The van der Waals surface area contributed by atoms with E-state index in [0.717, 1.165) is 0 Å². The summed E-state index contributed by atoms with van der Waals surface area (Å²) in [5.41, 5.74) is 3.53. The van der Waals surface area contributed by atoms with Crippen molar-refractivity contribution < 1.29 is 15.6 Å². The molecule has 3 nitrogen and oxygen atoms in total. The normalized spacial score (nSPS) is 13.3. The van der Waals surface area contributed by atoms with E-state index >= 15 is 0 Å². The lowest BCUT2D eigenvalue weighted by atomic mass is 9.86. The SMILES string of the molecule is CC(C)(C)C(=CC[NH3+])C(=O)[O-]. The lowest BCUT2D eigenvalue weighted by Crippen LogP contribution is -2.50. The average molecular weight is 157 g/mol. The maximum atomic E-state index is 10.5. The summed E-state index contributed by atoms with van der Waals surface area (Å²) >= 11 is 0. The van der Waals surface area contributed by atoms with E-state index in [0.29, 0.717) is 12.1 Å². The Balaban J connectivity index is 4.63. The van der Waals surface area contributed by atoms with Gasteiger partial charge >= 0.3 is 0 Å². The molecule has 0 unspecified atom stereocenters. The Bertz CT molecular complexity index is 177. The van der Waals surface area contributed by atoms with E-state index in [1.807, 2.05) is 20.8 Å². The van der Waals surface area contributed by atoms with Gasteiger partial charge in [0.15, 0.2) is 0 Å². The van der Waals surface area contributed by atoms with Gasteiger partial charge in [-0.25, -0.2) is 0 Å². The number of carboxylic acid groups (broad SMARTS) is 1. The fourth-order valence-corrected chi connectivity index (χ4v) is 0.840. The third-order valence-corrected chi connectivity index (χ3v) is 1.38. The molecule has 0 heterocycles. The van der Waals surface area contributed by atoms with E-state index in [2.05, 4.69) is 5.73 Å². The van der Waals surface area contributed by atoms with Crippen molar-refractivity contribution in [2.75, 3.05) is 6.54 Å². The van der Waals surface area contributed by atoms with Gasteiger partial charge < -0.3 is 15.6 Å². The average Bonchev–Trinajstić information content (AvgIpc) is 1.79. The number of carbonyl (C=O) groups is 1. The Morgan fingerprint density at radius 2 is 2.00 bits per heavy atom. The molecule has 0 fully saturated rings. The van der Waals surface area contributed by atoms with Crippen LogP contribution in [-0.4, -0.2) is 12.5 Å². The Morgan fingerprint density at radius 1 is 1.55 bits per heavy atom. The van der Waals surface area contributed by atoms with Gasteiger partial charge in [-0.1, -0.05) is 20.8 Å². The van der Waals surface area contributed by atoms with Gasteiger partial charge in [0, 0.05) is 0 Å². The Kier molecular flexibility index (Phi) is 3.26. The van der Waals surface area contributed by atoms with Gasteiger partial charge in [0.25, 0.3) is 0 Å². The molecule has 3 N–H and O–H groups in total. The molecule has 64 valence electrons. The summed E-state index contributed by atoms with van der Waals surface area (Å²) in [5.74, 6) is -1.10. The molecule has 0 aliphatic carbocycles. The van der Waals surface area contributed by atoms with Gasteiger partial charge in [-0.15, -0.1) is 0 Å². The van der Waals surface area contributed by atoms with Crippen LogP contribution in [0, 0.1) is 5.41 Å². The first-order valence-corrected chi connectivity index (χ1v) is 3.61. The minimum atomic E-state index is -1.10. The molecule has 0 rings (SSSR count). The number of quaternary nitrogens is 1. The molecule has 11 heavy (non-hydrogen) atoms. The predicted octanol–water partition coefficient (Wildman–Crippen LogP) is -1.05. The zero-order valence-electron chi connectivity index (χ0n) is 7.31.